The van der Waals surface area contributed by atoms with Crippen LogP contribution in [0.15, 0.2) is 30.3 Å². The van der Waals surface area contributed by atoms with Gasteiger partial charge in [0.1, 0.15) is 0 Å². The highest BCUT2D eigenvalue weighted by molar-refractivity contribution is 6.42. The molecule has 7 heteroatoms. The van der Waals surface area contributed by atoms with Gasteiger partial charge in [-0.1, -0.05) is 34.8 Å². The van der Waals surface area contributed by atoms with Crippen LogP contribution in [0, 0.1) is 11.3 Å². The van der Waals surface area contributed by atoms with Crippen molar-refractivity contribution in [1.82, 2.24) is 9.55 Å². The molecule has 0 saturated carbocycles. The van der Waals surface area contributed by atoms with E-state index in [9.17, 15) is 0 Å². The lowest BCUT2D eigenvalue weighted by Crippen LogP contribution is -2.01. The molecule has 4 nitrogen and oxygen atoms in total. The second kappa shape index (κ2) is 5.12. The van der Waals surface area contributed by atoms with E-state index >= 15 is 0 Å². The Labute approximate surface area is 135 Å². The van der Waals surface area contributed by atoms with Crippen LogP contribution in [0.3, 0.4) is 0 Å². The Hall–Kier alpha value is -1.93. The molecule has 3 aromatic rings. The molecule has 0 atom stereocenters. The summed E-state index contributed by atoms with van der Waals surface area (Å²) in [6, 6.07) is 10.3. The Morgan fingerprint density at radius 1 is 1.05 bits per heavy atom. The van der Waals surface area contributed by atoms with Crippen LogP contribution in [0.25, 0.3) is 16.7 Å². The molecule has 0 amide bonds. The molecule has 0 aliphatic rings. The summed E-state index contributed by atoms with van der Waals surface area (Å²) in [6.45, 7) is 0. The maximum Gasteiger partial charge on any atom is 0.205 e. The third kappa shape index (κ3) is 2.30. The Morgan fingerprint density at radius 3 is 2.43 bits per heavy atom. The number of hydrogen-bond donors (Lipinski definition) is 1. The summed E-state index contributed by atoms with van der Waals surface area (Å²) in [4.78, 5) is 4.25. The number of fused-ring (bicyclic) bond motifs is 1. The number of nitrogen functional groups attached to an aromatic ring is 1. The molecule has 0 aliphatic carbocycles. The van der Waals surface area contributed by atoms with E-state index in [-0.39, 0.29) is 5.95 Å². The fourth-order valence-corrected chi connectivity index (χ4v) is 2.68. The van der Waals surface area contributed by atoms with Gasteiger partial charge in [0.25, 0.3) is 0 Å². The van der Waals surface area contributed by atoms with Crippen molar-refractivity contribution < 1.29 is 0 Å². The van der Waals surface area contributed by atoms with E-state index < -0.39 is 0 Å². The smallest absolute Gasteiger partial charge is 0.205 e. The van der Waals surface area contributed by atoms with Crippen LogP contribution in [0.2, 0.25) is 15.1 Å². The molecule has 0 spiro atoms. The van der Waals surface area contributed by atoms with Gasteiger partial charge in [-0.05, 0) is 30.3 Å². The van der Waals surface area contributed by atoms with Gasteiger partial charge in [0, 0.05) is 0 Å². The van der Waals surface area contributed by atoms with Crippen molar-refractivity contribution in [3.8, 4) is 11.8 Å². The molecular formula is C14H7Cl3N4. The van der Waals surface area contributed by atoms with Gasteiger partial charge in [-0.15, -0.1) is 0 Å². The average molecular weight is 338 g/mol. The highest BCUT2D eigenvalue weighted by atomic mass is 35.5. The van der Waals surface area contributed by atoms with Crippen LogP contribution in [-0.4, -0.2) is 9.55 Å². The predicted octanol–water partition coefficient (Wildman–Crippen LogP) is 4.44. The second-order valence-electron chi connectivity index (χ2n) is 4.34. The Balaban J connectivity index is 2.32. The predicted molar refractivity (Wildman–Crippen MR) is 85.2 cm³/mol. The van der Waals surface area contributed by atoms with Crippen LogP contribution in [-0.2, 0) is 0 Å². The number of anilines is 1. The summed E-state index contributed by atoms with van der Waals surface area (Å²) in [6.07, 6.45) is 0. The molecule has 0 fully saturated rings. The lowest BCUT2D eigenvalue weighted by atomic mass is 10.2. The van der Waals surface area contributed by atoms with E-state index in [0.29, 0.717) is 37.4 Å². The van der Waals surface area contributed by atoms with E-state index in [4.69, 9.17) is 45.8 Å². The number of rotatable bonds is 1. The highest BCUT2D eigenvalue weighted by Gasteiger charge is 2.15. The first kappa shape index (κ1) is 14.0. The van der Waals surface area contributed by atoms with E-state index in [2.05, 4.69) is 4.98 Å². The monoisotopic (exact) mass is 336 g/mol. The highest BCUT2D eigenvalue weighted by Crippen LogP contribution is 2.33. The summed E-state index contributed by atoms with van der Waals surface area (Å²) >= 11 is 18.3. The fraction of sp³-hybridized carbons (Fsp3) is 0. The third-order valence-electron chi connectivity index (χ3n) is 3.04. The van der Waals surface area contributed by atoms with Gasteiger partial charge >= 0.3 is 0 Å². The summed E-state index contributed by atoms with van der Waals surface area (Å²) in [5, 5.41) is 10.1. The first-order chi connectivity index (χ1) is 10.0. The van der Waals surface area contributed by atoms with Crippen LogP contribution in [0.5, 0.6) is 0 Å². The van der Waals surface area contributed by atoms with Crippen molar-refractivity contribution in [2.75, 3.05) is 5.73 Å². The largest absolute Gasteiger partial charge is 0.369 e. The third-order valence-corrected chi connectivity index (χ3v) is 4.07. The van der Waals surface area contributed by atoms with Gasteiger partial charge in [0.15, 0.2) is 0 Å². The minimum Gasteiger partial charge on any atom is -0.369 e. The minimum atomic E-state index is 0.259. The zero-order valence-corrected chi connectivity index (χ0v) is 12.7. The maximum atomic E-state index is 8.89. The van der Waals surface area contributed by atoms with Crippen molar-refractivity contribution in [3.05, 3.63) is 51.0 Å². The van der Waals surface area contributed by atoms with Gasteiger partial charge in [0.05, 0.1) is 43.4 Å². The zero-order chi connectivity index (χ0) is 15.1. The number of nitriles is 1. The zero-order valence-electron chi connectivity index (χ0n) is 10.4. The number of benzene rings is 2. The molecule has 0 aliphatic heterocycles. The molecule has 2 aromatic carbocycles. The topological polar surface area (TPSA) is 67.6 Å². The molecule has 1 heterocycles. The quantitative estimate of drug-likeness (QED) is 0.713. The van der Waals surface area contributed by atoms with Crippen molar-refractivity contribution >= 4 is 51.8 Å². The van der Waals surface area contributed by atoms with Gasteiger partial charge in [0.2, 0.25) is 5.95 Å². The molecule has 0 saturated heterocycles. The maximum absolute atomic E-state index is 8.89. The molecule has 1 aromatic heterocycles. The Bertz CT molecular complexity index is 909. The van der Waals surface area contributed by atoms with Gasteiger partial charge in [-0.3, -0.25) is 4.57 Å². The van der Waals surface area contributed by atoms with E-state index in [1.165, 1.54) is 0 Å². The number of nitrogens with zero attached hydrogens (tertiary/aromatic N) is 3. The first-order valence-corrected chi connectivity index (χ1v) is 6.97. The van der Waals surface area contributed by atoms with Gasteiger partial charge < -0.3 is 5.73 Å². The fourth-order valence-electron chi connectivity index (χ4n) is 2.10. The number of imidazole rings is 1. The first-order valence-electron chi connectivity index (χ1n) is 5.84. The Kier molecular flexibility index (Phi) is 3.42. The van der Waals surface area contributed by atoms with E-state index in [1.807, 2.05) is 6.07 Å². The number of hydrogen-bond acceptors (Lipinski definition) is 3. The lowest BCUT2D eigenvalue weighted by molar-refractivity contribution is 1.11. The average Bonchev–Trinajstić information content (AvgIpc) is 2.75. The van der Waals surface area contributed by atoms with E-state index in [0.717, 1.165) is 0 Å². The Morgan fingerprint density at radius 2 is 1.76 bits per heavy atom. The molecule has 0 radical (unpaired) electrons. The number of halogens is 3. The molecular weight excluding hydrogens is 331 g/mol. The molecule has 3 rings (SSSR count). The number of nitrogens with two attached hydrogens (primary N) is 1. The van der Waals surface area contributed by atoms with Crippen LogP contribution >= 0.6 is 34.8 Å². The second-order valence-corrected chi connectivity index (χ2v) is 5.56. The van der Waals surface area contributed by atoms with Crippen LogP contribution < -0.4 is 5.73 Å². The molecule has 21 heavy (non-hydrogen) atoms. The van der Waals surface area contributed by atoms with Gasteiger partial charge in [-0.2, -0.15) is 5.26 Å². The standard InChI is InChI=1S/C14H7Cl3N4/c15-8-4-11-13(5-9(8)16)21(14(19)20-11)12-2-1-7(6-18)3-10(12)17/h1-5H,(H2,19,20). The summed E-state index contributed by atoms with van der Waals surface area (Å²) in [5.41, 5.74) is 8.35. The van der Waals surface area contributed by atoms with Crippen molar-refractivity contribution in [3.63, 3.8) is 0 Å². The SMILES string of the molecule is N#Cc1ccc(-n2c(N)nc3cc(Cl)c(Cl)cc32)c(Cl)c1. The van der Waals surface area contributed by atoms with Crippen molar-refractivity contribution in [1.29, 1.82) is 5.26 Å². The minimum absolute atomic E-state index is 0.259. The number of aromatic nitrogens is 2. The normalized spacial score (nSPS) is 10.8. The van der Waals surface area contributed by atoms with E-state index in [1.54, 1.807) is 34.9 Å². The molecule has 104 valence electrons. The molecule has 2 N–H and O–H groups in total. The van der Waals surface area contributed by atoms with Crippen LogP contribution in [0.4, 0.5) is 5.95 Å². The molecule has 0 bridgehead atoms. The van der Waals surface area contributed by atoms with Crippen LogP contribution in [0.1, 0.15) is 5.56 Å². The summed E-state index contributed by atoms with van der Waals surface area (Å²) in [5.74, 6) is 0.259. The van der Waals surface area contributed by atoms with Crippen molar-refractivity contribution in [2.24, 2.45) is 0 Å². The summed E-state index contributed by atoms with van der Waals surface area (Å²) < 4.78 is 1.67. The van der Waals surface area contributed by atoms with Gasteiger partial charge in [-0.25, -0.2) is 4.98 Å². The summed E-state index contributed by atoms with van der Waals surface area (Å²) in [7, 11) is 0. The molecule has 0 unspecified atom stereocenters. The van der Waals surface area contributed by atoms with Crippen molar-refractivity contribution in [2.45, 2.75) is 0 Å². The lowest BCUT2D eigenvalue weighted by Gasteiger charge is -2.09.